The van der Waals surface area contributed by atoms with E-state index in [0.717, 1.165) is 24.2 Å². The van der Waals surface area contributed by atoms with Crippen molar-refractivity contribution in [3.8, 4) is 5.75 Å². The number of rotatable bonds is 8. The zero-order valence-corrected chi connectivity index (χ0v) is 18.1. The first-order chi connectivity index (χ1) is 14.9. The molecule has 0 aromatic heterocycles. The third kappa shape index (κ3) is 5.12. The average Bonchev–Trinajstić information content (AvgIpc) is 3.19. The lowest BCUT2D eigenvalue weighted by Crippen LogP contribution is -2.24. The minimum atomic E-state index is -3.71. The molecule has 0 saturated carbocycles. The summed E-state index contributed by atoms with van der Waals surface area (Å²) in [6.45, 7) is 0.581. The summed E-state index contributed by atoms with van der Waals surface area (Å²) in [5, 5.41) is 3.54. The van der Waals surface area contributed by atoms with Crippen LogP contribution in [-0.4, -0.2) is 15.5 Å². The molecule has 162 valence electrons. The predicted octanol–water partition coefficient (Wildman–Crippen LogP) is 4.09. The lowest BCUT2D eigenvalue weighted by Gasteiger charge is -2.15. The molecule has 4 rings (SSSR count). The van der Waals surface area contributed by atoms with Gasteiger partial charge in [0.05, 0.1) is 12.0 Å². The van der Waals surface area contributed by atoms with Crippen LogP contribution in [0.25, 0.3) is 0 Å². The summed E-state index contributed by atoms with van der Waals surface area (Å²) >= 11 is 0. The van der Waals surface area contributed by atoms with E-state index in [0.29, 0.717) is 12.1 Å². The van der Waals surface area contributed by atoms with Gasteiger partial charge in [0, 0.05) is 19.1 Å². The Morgan fingerprint density at radius 3 is 2.55 bits per heavy atom. The summed E-state index contributed by atoms with van der Waals surface area (Å²) in [5.41, 5.74) is 4.00. The molecule has 1 aliphatic carbocycles. The van der Waals surface area contributed by atoms with Crippen molar-refractivity contribution in [1.82, 2.24) is 10.0 Å². The number of methoxy groups -OCH3 is 1. The smallest absolute Gasteiger partial charge is 0.240 e. The third-order valence-electron chi connectivity index (χ3n) is 5.55. The van der Waals surface area contributed by atoms with Crippen LogP contribution in [0.3, 0.4) is 0 Å². The Kier molecular flexibility index (Phi) is 6.36. The topological polar surface area (TPSA) is 67.4 Å². The summed E-state index contributed by atoms with van der Waals surface area (Å²) in [7, 11) is -2.05. The van der Waals surface area contributed by atoms with E-state index < -0.39 is 15.8 Å². The van der Waals surface area contributed by atoms with Crippen LogP contribution in [0, 0.1) is 5.82 Å². The van der Waals surface area contributed by atoms with E-state index >= 15 is 0 Å². The van der Waals surface area contributed by atoms with Gasteiger partial charge >= 0.3 is 0 Å². The minimum Gasteiger partial charge on any atom is -0.497 e. The normalized spacial score (nSPS) is 15.6. The Morgan fingerprint density at radius 1 is 1.00 bits per heavy atom. The second-order valence-corrected chi connectivity index (χ2v) is 9.41. The molecule has 0 fully saturated rings. The van der Waals surface area contributed by atoms with E-state index in [1.54, 1.807) is 37.4 Å². The molecule has 0 saturated heterocycles. The number of hydrogen-bond acceptors (Lipinski definition) is 4. The van der Waals surface area contributed by atoms with Gasteiger partial charge in [-0.25, -0.2) is 17.5 Å². The van der Waals surface area contributed by atoms with Gasteiger partial charge in [-0.2, -0.15) is 0 Å². The molecule has 1 atom stereocenters. The molecule has 0 radical (unpaired) electrons. The molecule has 1 unspecified atom stereocenters. The van der Waals surface area contributed by atoms with Crippen LogP contribution in [0.2, 0.25) is 0 Å². The van der Waals surface area contributed by atoms with E-state index in [1.807, 2.05) is 12.1 Å². The van der Waals surface area contributed by atoms with Gasteiger partial charge in [-0.15, -0.1) is 0 Å². The van der Waals surface area contributed by atoms with Crippen LogP contribution in [0.1, 0.15) is 34.7 Å². The number of ether oxygens (including phenoxy) is 1. The van der Waals surface area contributed by atoms with Crippen LogP contribution in [0.15, 0.2) is 71.6 Å². The van der Waals surface area contributed by atoms with Gasteiger partial charge in [0.25, 0.3) is 0 Å². The quantitative estimate of drug-likeness (QED) is 0.554. The van der Waals surface area contributed by atoms with Crippen molar-refractivity contribution in [3.05, 3.63) is 94.8 Å². The van der Waals surface area contributed by atoms with Crippen LogP contribution >= 0.6 is 0 Å². The highest BCUT2D eigenvalue weighted by Gasteiger charge is 2.22. The highest BCUT2D eigenvalue weighted by Crippen LogP contribution is 2.34. The maximum Gasteiger partial charge on any atom is 0.240 e. The molecular formula is C24H25FN2O3S. The highest BCUT2D eigenvalue weighted by molar-refractivity contribution is 7.89. The molecule has 3 aromatic carbocycles. The standard InChI is InChI=1S/C24H25FN2O3S/c1-30-21-10-8-19-9-11-24(23(19)14-21)26-15-18-5-3-7-22(13-18)31(28,29)27-16-17-4-2-6-20(25)12-17/h2-8,10,12-14,24,26-27H,9,11,15-16H2,1H3. The molecule has 0 amide bonds. The summed E-state index contributed by atoms with van der Waals surface area (Å²) < 4.78 is 46.6. The number of nitrogens with one attached hydrogen (secondary N) is 2. The SMILES string of the molecule is COc1ccc2c(c1)C(NCc1cccc(S(=O)(=O)NCc3cccc(F)c3)c1)CC2. The van der Waals surface area contributed by atoms with Crippen molar-refractivity contribution in [3.63, 3.8) is 0 Å². The second kappa shape index (κ2) is 9.18. The maximum absolute atomic E-state index is 13.3. The van der Waals surface area contributed by atoms with Crippen molar-refractivity contribution >= 4 is 10.0 Å². The molecule has 7 heteroatoms. The fourth-order valence-electron chi connectivity index (χ4n) is 3.89. The maximum atomic E-state index is 13.3. The molecule has 0 bridgehead atoms. The van der Waals surface area contributed by atoms with Gasteiger partial charge in [-0.3, -0.25) is 0 Å². The van der Waals surface area contributed by atoms with Gasteiger partial charge in [-0.1, -0.05) is 30.3 Å². The first-order valence-corrected chi connectivity index (χ1v) is 11.7. The average molecular weight is 441 g/mol. The fraction of sp³-hybridized carbons (Fsp3) is 0.250. The van der Waals surface area contributed by atoms with Gasteiger partial charge < -0.3 is 10.1 Å². The number of benzene rings is 3. The van der Waals surface area contributed by atoms with Crippen LogP contribution < -0.4 is 14.8 Å². The van der Waals surface area contributed by atoms with Gasteiger partial charge in [0.15, 0.2) is 0 Å². The molecule has 0 aliphatic heterocycles. The molecule has 2 N–H and O–H groups in total. The molecule has 1 aliphatic rings. The molecule has 5 nitrogen and oxygen atoms in total. The molecule has 0 spiro atoms. The van der Waals surface area contributed by atoms with Crippen molar-refractivity contribution in [2.24, 2.45) is 0 Å². The Bertz CT molecular complexity index is 1180. The molecule has 3 aromatic rings. The first-order valence-electron chi connectivity index (χ1n) is 10.2. The second-order valence-electron chi connectivity index (χ2n) is 7.64. The lowest BCUT2D eigenvalue weighted by atomic mass is 10.1. The Morgan fingerprint density at radius 2 is 1.77 bits per heavy atom. The van der Waals surface area contributed by atoms with Gasteiger partial charge in [0.1, 0.15) is 11.6 Å². The predicted molar refractivity (Wildman–Crippen MR) is 118 cm³/mol. The zero-order chi connectivity index (χ0) is 21.8. The van der Waals surface area contributed by atoms with Crippen LogP contribution in [0.5, 0.6) is 5.75 Å². The third-order valence-corrected chi connectivity index (χ3v) is 6.95. The Labute approximate surface area is 182 Å². The molecule has 0 heterocycles. The molecule has 31 heavy (non-hydrogen) atoms. The van der Waals surface area contributed by atoms with E-state index in [1.165, 1.54) is 23.3 Å². The van der Waals surface area contributed by atoms with Crippen LogP contribution in [-0.2, 0) is 29.5 Å². The van der Waals surface area contributed by atoms with Crippen LogP contribution in [0.4, 0.5) is 4.39 Å². The number of fused-ring (bicyclic) bond motifs is 1. The number of hydrogen-bond donors (Lipinski definition) is 2. The Hall–Kier alpha value is -2.74. The van der Waals surface area contributed by atoms with Crippen molar-refractivity contribution in [1.29, 1.82) is 0 Å². The fourth-order valence-corrected chi connectivity index (χ4v) is 4.98. The van der Waals surface area contributed by atoms with E-state index in [9.17, 15) is 12.8 Å². The van der Waals surface area contributed by atoms with E-state index in [-0.39, 0.29) is 17.5 Å². The highest BCUT2D eigenvalue weighted by atomic mass is 32.2. The van der Waals surface area contributed by atoms with Crippen molar-refractivity contribution in [2.45, 2.75) is 36.9 Å². The largest absolute Gasteiger partial charge is 0.497 e. The summed E-state index contributed by atoms with van der Waals surface area (Å²) in [5.74, 6) is 0.445. The van der Waals surface area contributed by atoms with Crippen molar-refractivity contribution < 1.29 is 17.5 Å². The summed E-state index contributed by atoms with van der Waals surface area (Å²) in [4.78, 5) is 0.191. The number of aryl methyl sites for hydroxylation is 1. The molecular weight excluding hydrogens is 415 g/mol. The van der Waals surface area contributed by atoms with Crippen molar-refractivity contribution in [2.75, 3.05) is 7.11 Å². The Balaban J connectivity index is 1.42. The minimum absolute atomic E-state index is 0.0310. The van der Waals surface area contributed by atoms with Gasteiger partial charge in [0.2, 0.25) is 10.0 Å². The van der Waals surface area contributed by atoms with Gasteiger partial charge in [-0.05, 0) is 71.5 Å². The lowest BCUT2D eigenvalue weighted by molar-refractivity contribution is 0.413. The summed E-state index contributed by atoms with van der Waals surface area (Å²) in [6, 6.07) is 19.1. The summed E-state index contributed by atoms with van der Waals surface area (Å²) in [6.07, 6.45) is 2.01. The first kappa shape index (κ1) is 21.5. The van der Waals surface area contributed by atoms with E-state index in [4.69, 9.17) is 4.74 Å². The van der Waals surface area contributed by atoms with E-state index in [2.05, 4.69) is 22.2 Å². The monoisotopic (exact) mass is 440 g/mol. The number of sulfonamides is 1. The zero-order valence-electron chi connectivity index (χ0n) is 17.3. The number of halogens is 1.